The van der Waals surface area contributed by atoms with Crippen molar-refractivity contribution in [3.8, 4) is 5.75 Å². The van der Waals surface area contributed by atoms with E-state index >= 15 is 0 Å². The Kier molecular flexibility index (Phi) is 9.59. The minimum Gasteiger partial charge on any atom is -0.489 e. The molecule has 1 unspecified atom stereocenters. The van der Waals surface area contributed by atoms with E-state index < -0.39 is 0 Å². The fourth-order valence-electron chi connectivity index (χ4n) is 2.12. The first-order valence-electron chi connectivity index (χ1n) is 7.85. The maximum atomic E-state index is 5.90. The van der Waals surface area contributed by atoms with Crippen molar-refractivity contribution >= 4 is 41.5 Å². The van der Waals surface area contributed by atoms with Crippen molar-refractivity contribution < 1.29 is 4.74 Å². The summed E-state index contributed by atoms with van der Waals surface area (Å²) in [6.45, 7) is 5.34. The zero-order valence-electron chi connectivity index (χ0n) is 14.6. The average Bonchev–Trinajstić information content (AvgIpc) is 2.56. The van der Waals surface area contributed by atoms with Crippen LogP contribution in [0.2, 0.25) is 5.15 Å². The first-order chi connectivity index (χ1) is 11.6. The van der Waals surface area contributed by atoms with Crippen molar-refractivity contribution in [2.24, 2.45) is 4.99 Å². The van der Waals surface area contributed by atoms with Gasteiger partial charge in [-0.2, -0.15) is 0 Å². The molecule has 0 aliphatic carbocycles. The van der Waals surface area contributed by atoms with E-state index in [-0.39, 0.29) is 30.1 Å². The van der Waals surface area contributed by atoms with Gasteiger partial charge in [0.1, 0.15) is 17.0 Å². The van der Waals surface area contributed by atoms with Gasteiger partial charge in [0.05, 0.1) is 6.54 Å². The second kappa shape index (κ2) is 11.1. The van der Waals surface area contributed by atoms with E-state index in [0.29, 0.717) is 24.2 Å². The predicted molar refractivity (Wildman–Crippen MR) is 114 cm³/mol. The van der Waals surface area contributed by atoms with Gasteiger partial charge in [-0.05, 0) is 43.2 Å². The summed E-state index contributed by atoms with van der Waals surface area (Å²) < 4.78 is 5.90. The fraction of sp³-hybridized carbons (Fsp3) is 0.333. The highest BCUT2D eigenvalue weighted by atomic mass is 127. The van der Waals surface area contributed by atoms with Gasteiger partial charge in [-0.1, -0.05) is 29.8 Å². The summed E-state index contributed by atoms with van der Waals surface area (Å²) in [6, 6.07) is 11.7. The first kappa shape index (κ1) is 21.5. The summed E-state index contributed by atoms with van der Waals surface area (Å²) in [5, 5.41) is 6.98. The van der Waals surface area contributed by atoms with Crippen LogP contribution >= 0.6 is 35.6 Å². The van der Waals surface area contributed by atoms with Crippen LogP contribution in [0.15, 0.2) is 47.6 Å². The summed E-state index contributed by atoms with van der Waals surface area (Å²) in [5.74, 6) is 1.59. The molecule has 2 N–H and O–H groups in total. The van der Waals surface area contributed by atoms with Crippen molar-refractivity contribution in [1.82, 2.24) is 15.6 Å². The molecule has 1 heterocycles. The number of ether oxygens (including phenoxy) is 1. The van der Waals surface area contributed by atoms with Gasteiger partial charge in [0, 0.05) is 19.8 Å². The zero-order valence-corrected chi connectivity index (χ0v) is 17.7. The molecule has 7 heteroatoms. The number of nitrogens with one attached hydrogen (secondary N) is 2. The molecule has 25 heavy (non-hydrogen) atoms. The molecule has 136 valence electrons. The zero-order chi connectivity index (χ0) is 17.4. The predicted octanol–water partition coefficient (Wildman–Crippen LogP) is 3.79. The van der Waals surface area contributed by atoms with Crippen LogP contribution < -0.4 is 15.4 Å². The molecule has 0 radical (unpaired) electrons. The number of hydrogen-bond acceptors (Lipinski definition) is 3. The monoisotopic (exact) mass is 474 g/mol. The number of rotatable bonds is 6. The van der Waals surface area contributed by atoms with Crippen LogP contribution in [0.3, 0.4) is 0 Å². The lowest BCUT2D eigenvalue weighted by molar-refractivity contribution is 0.223. The first-order valence-corrected chi connectivity index (χ1v) is 8.23. The molecule has 1 atom stereocenters. The molecule has 0 saturated heterocycles. The van der Waals surface area contributed by atoms with Crippen LogP contribution in [0.1, 0.15) is 18.1 Å². The number of aliphatic imine (C=N–C) groups is 1. The van der Waals surface area contributed by atoms with Crippen LogP contribution in [0.4, 0.5) is 0 Å². The standard InChI is InChI=1S/C18H23ClN4O.HI/c1-13-5-4-6-16(9-13)24-14(2)10-22-18(20-3)23-12-15-7-8-17(19)21-11-15;/h4-9,11,14H,10,12H2,1-3H3,(H2,20,22,23);1H. The Morgan fingerprint density at radius 2 is 2.08 bits per heavy atom. The van der Waals surface area contributed by atoms with Gasteiger partial charge in [-0.3, -0.25) is 4.99 Å². The minimum absolute atomic E-state index is 0. The highest BCUT2D eigenvalue weighted by Gasteiger charge is 2.06. The fourth-order valence-corrected chi connectivity index (χ4v) is 2.23. The van der Waals surface area contributed by atoms with E-state index in [1.807, 2.05) is 44.2 Å². The molecular weight excluding hydrogens is 451 g/mol. The Hall–Kier alpha value is -1.54. The Morgan fingerprint density at radius 3 is 2.72 bits per heavy atom. The smallest absolute Gasteiger partial charge is 0.191 e. The van der Waals surface area contributed by atoms with E-state index in [0.717, 1.165) is 11.3 Å². The molecule has 2 aromatic rings. The van der Waals surface area contributed by atoms with Gasteiger partial charge >= 0.3 is 0 Å². The van der Waals surface area contributed by atoms with E-state index in [1.54, 1.807) is 19.3 Å². The van der Waals surface area contributed by atoms with Gasteiger partial charge in [0.25, 0.3) is 0 Å². The van der Waals surface area contributed by atoms with E-state index in [4.69, 9.17) is 16.3 Å². The number of aryl methyl sites for hydroxylation is 1. The third-order valence-electron chi connectivity index (χ3n) is 3.36. The molecule has 0 aliphatic rings. The average molecular weight is 475 g/mol. The summed E-state index contributed by atoms with van der Waals surface area (Å²) in [4.78, 5) is 8.26. The topological polar surface area (TPSA) is 58.5 Å². The van der Waals surface area contributed by atoms with Gasteiger partial charge in [-0.25, -0.2) is 4.98 Å². The quantitative estimate of drug-likeness (QED) is 0.289. The molecule has 1 aromatic carbocycles. The molecule has 1 aromatic heterocycles. The third kappa shape index (κ3) is 7.92. The lowest BCUT2D eigenvalue weighted by atomic mass is 10.2. The normalized spacial score (nSPS) is 12.1. The molecule has 5 nitrogen and oxygen atoms in total. The summed E-state index contributed by atoms with van der Waals surface area (Å²) >= 11 is 5.78. The number of hydrogen-bond donors (Lipinski definition) is 2. The van der Waals surface area contributed by atoms with Crippen molar-refractivity contribution in [3.63, 3.8) is 0 Å². The van der Waals surface area contributed by atoms with Crippen LogP contribution in [0, 0.1) is 6.92 Å². The Balaban J connectivity index is 0.00000312. The summed E-state index contributed by atoms with van der Waals surface area (Å²) in [6.07, 6.45) is 1.76. The summed E-state index contributed by atoms with van der Waals surface area (Å²) in [5.41, 5.74) is 2.22. The van der Waals surface area contributed by atoms with Gasteiger partial charge in [0.2, 0.25) is 0 Å². The highest BCUT2D eigenvalue weighted by molar-refractivity contribution is 14.0. The van der Waals surface area contributed by atoms with Crippen LogP contribution in [0.5, 0.6) is 5.75 Å². The SMILES string of the molecule is CN=C(NCc1ccc(Cl)nc1)NCC(C)Oc1cccc(C)c1.I. The van der Waals surface area contributed by atoms with Crippen molar-refractivity contribution in [2.75, 3.05) is 13.6 Å². The Bertz CT molecular complexity index is 679. The number of benzene rings is 1. The second-order valence-electron chi connectivity index (χ2n) is 5.54. The number of aromatic nitrogens is 1. The lowest BCUT2D eigenvalue weighted by Gasteiger charge is -2.18. The van der Waals surface area contributed by atoms with Gasteiger partial charge in [-0.15, -0.1) is 24.0 Å². The minimum atomic E-state index is 0. The number of halogens is 2. The van der Waals surface area contributed by atoms with Crippen LogP contribution in [0.25, 0.3) is 0 Å². The van der Waals surface area contributed by atoms with Crippen molar-refractivity contribution in [2.45, 2.75) is 26.5 Å². The molecule has 0 spiro atoms. The highest BCUT2D eigenvalue weighted by Crippen LogP contribution is 2.13. The third-order valence-corrected chi connectivity index (χ3v) is 3.58. The van der Waals surface area contributed by atoms with Gasteiger partial charge in [0.15, 0.2) is 5.96 Å². The molecule has 0 aliphatic heterocycles. The maximum Gasteiger partial charge on any atom is 0.191 e. The Morgan fingerprint density at radius 1 is 1.28 bits per heavy atom. The van der Waals surface area contributed by atoms with E-state index in [9.17, 15) is 0 Å². The molecule has 2 rings (SSSR count). The van der Waals surface area contributed by atoms with Gasteiger partial charge < -0.3 is 15.4 Å². The lowest BCUT2D eigenvalue weighted by Crippen LogP contribution is -2.41. The molecule has 0 saturated carbocycles. The van der Waals surface area contributed by atoms with Crippen LogP contribution in [-0.4, -0.2) is 30.6 Å². The number of pyridine rings is 1. The molecule has 0 amide bonds. The Labute approximate surface area is 171 Å². The maximum absolute atomic E-state index is 5.90. The molecular formula is C18H24ClIN4O. The van der Waals surface area contributed by atoms with Crippen molar-refractivity contribution in [1.29, 1.82) is 0 Å². The van der Waals surface area contributed by atoms with E-state index in [2.05, 4.69) is 20.6 Å². The summed E-state index contributed by atoms with van der Waals surface area (Å²) in [7, 11) is 1.74. The number of guanidine groups is 1. The van der Waals surface area contributed by atoms with Crippen molar-refractivity contribution in [3.05, 3.63) is 58.9 Å². The number of nitrogens with zero attached hydrogens (tertiary/aromatic N) is 2. The van der Waals surface area contributed by atoms with Crippen LogP contribution in [-0.2, 0) is 6.54 Å². The molecule has 0 bridgehead atoms. The second-order valence-corrected chi connectivity index (χ2v) is 5.93. The largest absolute Gasteiger partial charge is 0.489 e. The van der Waals surface area contributed by atoms with E-state index in [1.165, 1.54) is 5.56 Å². The molecule has 0 fully saturated rings.